The van der Waals surface area contributed by atoms with E-state index in [0.29, 0.717) is 18.7 Å². The molecule has 0 aliphatic carbocycles. The van der Waals surface area contributed by atoms with Crippen LogP contribution in [0.4, 0.5) is 4.39 Å². The van der Waals surface area contributed by atoms with Gasteiger partial charge in [-0.05, 0) is 49.7 Å². The summed E-state index contributed by atoms with van der Waals surface area (Å²) in [5.74, 6) is 0.978. The summed E-state index contributed by atoms with van der Waals surface area (Å²) in [5, 5.41) is 9.60. The summed E-state index contributed by atoms with van der Waals surface area (Å²) < 4.78 is 16.3. The monoisotopic (exact) mass is 407 g/mol. The van der Waals surface area contributed by atoms with Crippen LogP contribution in [0.1, 0.15) is 34.7 Å². The van der Waals surface area contributed by atoms with Crippen LogP contribution in [-0.2, 0) is 6.54 Å². The number of fused-ring (bicyclic) bond motifs is 2. The fourth-order valence-corrected chi connectivity index (χ4v) is 4.80. The molecule has 0 bridgehead atoms. The van der Waals surface area contributed by atoms with E-state index in [4.69, 9.17) is 4.98 Å². The second kappa shape index (κ2) is 6.73. The van der Waals surface area contributed by atoms with Gasteiger partial charge in [0.2, 0.25) is 0 Å². The summed E-state index contributed by atoms with van der Waals surface area (Å²) in [6.07, 6.45) is 0. The highest BCUT2D eigenvalue weighted by atomic mass is 32.1. The molecule has 2 aromatic carbocycles. The second-order valence-electron chi connectivity index (χ2n) is 7.16. The van der Waals surface area contributed by atoms with Crippen LogP contribution in [-0.4, -0.2) is 37.1 Å². The first-order valence-electron chi connectivity index (χ1n) is 9.39. The van der Waals surface area contributed by atoms with Crippen molar-refractivity contribution in [2.45, 2.75) is 26.4 Å². The van der Waals surface area contributed by atoms with Crippen molar-refractivity contribution in [1.29, 1.82) is 0 Å². The molecule has 4 aromatic rings. The maximum Gasteiger partial charge on any atom is 0.254 e. The number of benzene rings is 2. The number of aryl methyl sites for hydroxylation is 1. The number of aromatic nitrogens is 4. The van der Waals surface area contributed by atoms with Gasteiger partial charge in [0.15, 0.2) is 16.7 Å². The van der Waals surface area contributed by atoms with E-state index < -0.39 is 0 Å². The molecule has 1 aliphatic rings. The van der Waals surface area contributed by atoms with E-state index in [2.05, 4.69) is 16.3 Å². The van der Waals surface area contributed by atoms with Gasteiger partial charge in [0.05, 0.1) is 16.3 Å². The van der Waals surface area contributed by atoms with Gasteiger partial charge in [-0.25, -0.2) is 9.37 Å². The molecule has 1 aliphatic heterocycles. The highest BCUT2D eigenvalue weighted by Gasteiger charge is 2.32. The van der Waals surface area contributed by atoms with Crippen molar-refractivity contribution < 1.29 is 9.18 Å². The molecule has 2 aromatic heterocycles. The average molecular weight is 407 g/mol. The summed E-state index contributed by atoms with van der Waals surface area (Å²) in [4.78, 5) is 19.4. The number of hydrogen-bond acceptors (Lipinski definition) is 5. The molecule has 1 atom stereocenters. The van der Waals surface area contributed by atoms with Crippen LogP contribution in [0.25, 0.3) is 21.0 Å². The predicted molar refractivity (Wildman–Crippen MR) is 109 cm³/mol. The van der Waals surface area contributed by atoms with Crippen LogP contribution in [0.15, 0.2) is 42.5 Å². The van der Waals surface area contributed by atoms with Gasteiger partial charge in [-0.2, -0.15) is 0 Å². The third-order valence-corrected chi connectivity index (χ3v) is 6.37. The molecule has 0 spiro atoms. The minimum Gasteiger partial charge on any atom is -0.327 e. The first kappa shape index (κ1) is 17.9. The molecule has 0 saturated carbocycles. The van der Waals surface area contributed by atoms with E-state index in [1.54, 1.807) is 16.2 Å². The average Bonchev–Trinajstić information content (AvgIpc) is 3.33. The lowest BCUT2D eigenvalue weighted by atomic mass is 10.1. The molecule has 146 valence electrons. The van der Waals surface area contributed by atoms with Crippen molar-refractivity contribution >= 4 is 27.5 Å². The molecular weight excluding hydrogens is 389 g/mol. The Bertz CT molecular complexity index is 1230. The van der Waals surface area contributed by atoms with E-state index >= 15 is 0 Å². The van der Waals surface area contributed by atoms with Gasteiger partial charge in [0.1, 0.15) is 5.82 Å². The van der Waals surface area contributed by atoms with Crippen LogP contribution in [0.3, 0.4) is 0 Å². The van der Waals surface area contributed by atoms with Crippen molar-refractivity contribution in [1.82, 2.24) is 24.6 Å². The number of rotatable bonds is 2. The Hall–Kier alpha value is -3.13. The van der Waals surface area contributed by atoms with Gasteiger partial charge in [-0.15, -0.1) is 21.5 Å². The number of halogens is 1. The Balaban J connectivity index is 1.48. The number of carbonyl (C=O) groups excluding carboxylic acids is 1. The fraction of sp³-hybridized carbons (Fsp3) is 0.238. The van der Waals surface area contributed by atoms with Gasteiger partial charge in [-0.1, -0.05) is 12.1 Å². The van der Waals surface area contributed by atoms with E-state index in [9.17, 15) is 9.18 Å². The molecule has 1 amide bonds. The summed E-state index contributed by atoms with van der Waals surface area (Å²) in [6.45, 7) is 5.10. The minimum absolute atomic E-state index is 0.135. The second-order valence-corrected chi connectivity index (χ2v) is 8.19. The number of carbonyl (C=O) groups is 1. The highest BCUT2D eigenvalue weighted by molar-refractivity contribution is 7.21. The van der Waals surface area contributed by atoms with Crippen LogP contribution >= 0.6 is 11.3 Å². The van der Waals surface area contributed by atoms with Crippen molar-refractivity contribution in [2.75, 3.05) is 6.54 Å². The van der Waals surface area contributed by atoms with Crippen molar-refractivity contribution in [3.8, 4) is 10.8 Å². The lowest BCUT2D eigenvalue weighted by Crippen LogP contribution is -2.41. The summed E-state index contributed by atoms with van der Waals surface area (Å²) in [7, 11) is 0. The van der Waals surface area contributed by atoms with Crippen molar-refractivity contribution in [2.24, 2.45) is 0 Å². The smallest absolute Gasteiger partial charge is 0.254 e. The van der Waals surface area contributed by atoms with E-state index in [1.165, 1.54) is 24.3 Å². The zero-order valence-electron chi connectivity index (χ0n) is 16.0. The molecule has 29 heavy (non-hydrogen) atoms. The maximum absolute atomic E-state index is 13.2. The fourth-order valence-electron chi connectivity index (χ4n) is 3.76. The molecular formula is C21H18FN5OS. The van der Waals surface area contributed by atoms with Crippen molar-refractivity contribution in [3.05, 3.63) is 65.2 Å². The number of nitrogens with zero attached hydrogens (tertiary/aromatic N) is 5. The number of para-hydroxylation sites is 1. The van der Waals surface area contributed by atoms with E-state index in [1.807, 2.05) is 30.5 Å². The molecule has 0 saturated heterocycles. The van der Waals surface area contributed by atoms with Crippen LogP contribution in [0, 0.1) is 12.7 Å². The Morgan fingerprint density at radius 2 is 1.93 bits per heavy atom. The van der Waals surface area contributed by atoms with Gasteiger partial charge >= 0.3 is 0 Å². The third kappa shape index (κ3) is 2.91. The highest BCUT2D eigenvalue weighted by Crippen LogP contribution is 2.34. The standard InChI is InChI=1S/C21H18FN5OS/c1-12-4-3-5-16-17(12)23-20(29-16)19-25-24-18-13(2)26(10-11-27(18)19)21(28)14-6-8-15(22)9-7-14/h3-9,13H,10-11H2,1-2H3. The number of thiazole rings is 1. The zero-order chi connectivity index (χ0) is 20.1. The molecule has 3 heterocycles. The van der Waals surface area contributed by atoms with Gasteiger partial charge in [0, 0.05) is 18.7 Å². The minimum atomic E-state index is -0.358. The normalized spacial score (nSPS) is 16.2. The molecule has 5 rings (SSSR count). The molecule has 0 fully saturated rings. The first-order chi connectivity index (χ1) is 14.0. The Morgan fingerprint density at radius 3 is 2.69 bits per heavy atom. The maximum atomic E-state index is 13.2. The third-order valence-electron chi connectivity index (χ3n) is 5.35. The van der Waals surface area contributed by atoms with Crippen LogP contribution in [0.2, 0.25) is 0 Å². The van der Waals surface area contributed by atoms with Crippen LogP contribution < -0.4 is 0 Å². The van der Waals surface area contributed by atoms with Crippen LogP contribution in [0.5, 0.6) is 0 Å². The van der Waals surface area contributed by atoms with Gasteiger partial charge < -0.3 is 9.47 Å². The Morgan fingerprint density at radius 1 is 1.14 bits per heavy atom. The first-order valence-corrected chi connectivity index (χ1v) is 10.2. The quantitative estimate of drug-likeness (QED) is 0.499. The van der Waals surface area contributed by atoms with Crippen molar-refractivity contribution in [3.63, 3.8) is 0 Å². The molecule has 6 nitrogen and oxygen atoms in total. The van der Waals surface area contributed by atoms with E-state index in [-0.39, 0.29) is 17.8 Å². The van der Waals surface area contributed by atoms with E-state index in [0.717, 1.165) is 32.4 Å². The lowest BCUT2D eigenvalue weighted by Gasteiger charge is -2.33. The lowest BCUT2D eigenvalue weighted by molar-refractivity contribution is 0.0638. The Labute approximate surface area is 170 Å². The van der Waals surface area contributed by atoms with Gasteiger partial charge in [0.25, 0.3) is 5.91 Å². The summed E-state index contributed by atoms with van der Waals surface area (Å²) in [6, 6.07) is 11.5. The number of amides is 1. The molecule has 8 heteroatoms. The van der Waals surface area contributed by atoms with Gasteiger partial charge in [-0.3, -0.25) is 4.79 Å². The largest absolute Gasteiger partial charge is 0.327 e. The molecule has 0 N–H and O–H groups in total. The molecule has 1 unspecified atom stereocenters. The predicted octanol–water partition coefficient (Wildman–Crippen LogP) is 4.22. The summed E-state index contributed by atoms with van der Waals surface area (Å²) in [5.41, 5.74) is 2.59. The number of hydrogen-bond donors (Lipinski definition) is 0. The molecule has 0 radical (unpaired) electrons. The Kier molecular flexibility index (Phi) is 4.16. The zero-order valence-corrected chi connectivity index (χ0v) is 16.8. The topological polar surface area (TPSA) is 63.9 Å². The summed E-state index contributed by atoms with van der Waals surface area (Å²) >= 11 is 1.60. The SMILES string of the molecule is Cc1cccc2sc(-c3nnc4n3CCN(C(=O)c3ccc(F)cc3)C4C)nc12.